The van der Waals surface area contributed by atoms with Crippen molar-refractivity contribution in [1.29, 1.82) is 0 Å². The smallest absolute Gasteiger partial charge is 0.309 e. The molecule has 142 valence electrons. The summed E-state index contributed by atoms with van der Waals surface area (Å²) < 4.78 is 40.3. The predicted octanol–water partition coefficient (Wildman–Crippen LogP) is 5.39. The fourth-order valence-electron chi connectivity index (χ4n) is 2.83. The van der Waals surface area contributed by atoms with Crippen LogP contribution in [0.2, 0.25) is 0 Å². The standard InChI is InChI=1S/C20H20F3N3O/c1-19(2,3)12-16(27)25-18-17(26-11-5-4-6-15(26)24-18)13-7-9-14(10-8-13)20(21,22)23/h4-11H,12H2,1-3H3,(H,25,27). The molecular formula is C20H20F3N3O. The second-order valence-electron chi connectivity index (χ2n) is 7.60. The number of hydrogen-bond acceptors (Lipinski definition) is 2. The Bertz CT molecular complexity index is 967. The lowest BCUT2D eigenvalue weighted by Gasteiger charge is -2.17. The number of imidazole rings is 1. The van der Waals surface area contributed by atoms with Crippen molar-refractivity contribution in [3.63, 3.8) is 0 Å². The van der Waals surface area contributed by atoms with Crippen LogP contribution in [0.3, 0.4) is 0 Å². The highest BCUT2D eigenvalue weighted by Crippen LogP contribution is 2.34. The van der Waals surface area contributed by atoms with Crippen molar-refractivity contribution < 1.29 is 18.0 Å². The number of anilines is 1. The molecule has 0 saturated carbocycles. The number of hydrogen-bond donors (Lipinski definition) is 1. The van der Waals surface area contributed by atoms with Gasteiger partial charge >= 0.3 is 6.18 Å². The minimum absolute atomic E-state index is 0.195. The molecule has 0 unspecified atom stereocenters. The summed E-state index contributed by atoms with van der Waals surface area (Å²) in [6.07, 6.45) is -2.34. The van der Waals surface area contributed by atoms with Gasteiger partial charge in [0.2, 0.25) is 5.91 Å². The number of amides is 1. The number of carbonyl (C=O) groups is 1. The van der Waals surface area contributed by atoms with Crippen LogP contribution in [0.4, 0.5) is 19.0 Å². The molecule has 1 N–H and O–H groups in total. The first-order valence-electron chi connectivity index (χ1n) is 8.49. The quantitative estimate of drug-likeness (QED) is 0.667. The largest absolute Gasteiger partial charge is 0.416 e. The molecule has 7 heteroatoms. The van der Waals surface area contributed by atoms with Crippen molar-refractivity contribution in [1.82, 2.24) is 9.38 Å². The van der Waals surface area contributed by atoms with Gasteiger partial charge in [0.1, 0.15) is 5.65 Å². The summed E-state index contributed by atoms with van der Waals surface area (Å²) in [7, 11) is 0. The predicted molar refractivity (Wildman–Crippen MR) is 98.3 cm³/mol. The maximum atomic E-state index is 12.8. The van der Waals surface area contributed by atoms with Crippen LogP contribution in [0, 0.1) is 5.41 Å². The Morgan fingerprint density at radius 1 is 1.07 bits per heavy atom. The molecule has 0 spiro atoms. The Kier molecular flexibility index (Phi) is 4.71. The van der Waals surface area contributed by atoms with E-state index >= 15 is 0 Å². The summed E-state index contributed by atoms with van der Waals surface area (Å²) in [5, 5.41) is 2.81. The van der Waals surface area contributed by atoms with Gasteiger partial charge in [-0.2, -0.15) is 13.2 Å². The lowest BCUT2D eigenvalue weighted by Crippen LogP contribution is -2.20. The normalized spacial score (nSPS) is 12.4. The van der Waals surface area contributed by atoms with E-state index < -0.39 is 11.7 Å². The van der Waals surface area contributed by atoms with Crippen molar-refractivity contribution in [2.45, 2.75) is 33.4 Å². The summed E-state index contributed by atoms with van der Waals surface area (Å²) >= 11 is 0. The minimum Gasteiger partial charge on any atom is -0.309 e. The highest BCUT2D eigenvalue weighted by molar-refractivity contribution is 5.94. The molecule has 0 bridgehead atoms. The lowest BCUT2D eigenvalue weighted by atomic mass is 9.92. The molecule has 2 aromatic heterocycles. The average molecular weight is 375 g/mol. The zero-order valence-corrected chi connectivity index (χ0v) is 15.3. The second kappa shape index (κ2) is 6.72. The van der Waals surface area contributed by atoms with Crippen LogP contribution < -0.4 is 5.32 Å². The number of rotatable bonds is 3. The monoisotopic (exact) mass is 375 g/mol. The molecule has 0 aliphatic rings. The number of carbonyl (C=O) groups excluding carboxylic acids is 1. The van der Waals surface area contributed by atoms with Crippen molar-refractivity contribution in [2.24, 2.45) is 5.41 Å². The first kappa shape index (κ1) is 18.9. The number of nitrogens with zero attached hydrogens (tertiary/aromatic N) is 2. The number of halogens is 3. The lowest BCUT2D eigenvalue weighted by molar-refractivity contribution is -0.137. The third-order valence-electron chi connectivity index (χ3n) is 3.96. The molecule has 0 aliphatic carbocycles. The zero-order chi connectivity index (χ0) is 19.8. The minimum atomic E-state index is -4.40. The van der Waals surface area contributed by atoms with Crippen LogP contribution in [0.15, 0.2) is 48.7 Å². The van der Waals surface area contributed by atoms with Gasteiger partial charge in [-0.3, -0.25) is 9.20 Å². The maximum Gasteiger partial charge on any atom is 0.416 e. The van der Waals surface area contributed by atoms with Gasteiger partial charge in [0, 0.05) is 18.2 Å². The molecule has 3 rings (SSSR count). The van der Waals surface area contributed by atoms with Crippen molar-refractivity contribution in [3.05, 3.63) is 54.2 Å². The van der Waals surface area contributed by atoms with Gasteiger partial charge in [-0.15, -0.1) is 0 Å². The molecule has 0 fully saturated rings. The Morgan fingerprint density at radius 2 is 1.74 bits per heavy atom. The van der Waals surface area contributed by atoms with Crippen molar-refractivity contribution in [2.75, 3.05) is 5.32 Å². The van der Waals surface area contributed by atoms with Gasteiger partial charge in [0.25, 0.3) is 0 Å². The molecule has 1 aromatic carbocycles. The Labute approximate surface area is 155 Å². The van der Waals surface area contributed by atoms with Gasteiger partial charge in [-0.25, -0.2) is 4.98 Å². The zero-order valence-electron chi connectivity index (χ0n) is 15.3. The highest BCUT2D eigenvalue weighted by atomic mass is 19.4. The van der Waals surface area contributed by atoms with E-state index in [1.165, 1.54) is 12.1 Å². The van der Waals surface area contributed by atoms with E-state index in [-0.39, 0.29) is 11.3 Å². The Morgan fingerprint density at radius 3 is 2.33 bits per heavy atom. The maximum absolute atomic E-state index is 12.8. The molecule has 4 nitrogen and oxygen atoms in total. The number of alkyl halides is 3. The van der Waals surface area contributed by atoms with Crippen LogP contribution >= 0.6 is 0 Å². The first-order chi connectivity index (χ1) is 12.5. The third-order valence-corrected chi connectivity index (χ3v) is 3.96. The number of fused-ring (bicyclic) bond motifs is 1. The first-order valence-corrected chi connectivity index (χ1v) is 8.49. The third kappa shape index (κ3) is 4.30. The van der Waals surface area contributed by atoms with Crippen LogP contribution in [0.25, 0.3) is 16.9 Å². The summed E-state index contributed by atoms with van der Waals surface area (Å²) in [4.78, 5) is 16.8. The molecule has 0 aliphatic heterocycles. The van der Waals surface area contributed by atoms with Gasteiger partial charge < -0.3 is 5.32 Å². The van der Waals surface area contributed by atoms with Crippen LogP contribution in [-0.2, 0) is 11.0 Å². The van der Waals surface area contributed by atoms with E-state index in [0.29, 0.717) is 29.1 Å². The van der Waals surface area contributed by atoms with Crippen molar-refractivity contribution >= 4 is 17.4 Å². The summed E-state index contributed by atoms with van der Waals surface area (Å²) in [5.74, 6) is 0.134. The van der Waals surface area contributed by atoms with Gasteiger partial charge in [0.15, 0.2) is 5.82 Å². The van der Waals surface area contributed by atoms with Crippen molar-refractivity contribution in [3.8, 4) is 11.3 Å². The Hall–Kier alpha value is -2.83. The summed E-state index contributed by atoms with van der Waals surface area (Å²) in [6.45, 7) is 5.85. The second-order valence-corrected chi connectivity index (χ2v) is 7.60. The highest BCUT2D eigenvalue weighted by Gasteiger charge is 2.30. The molecule has 27 heavy (non-hydrogen) atoms. The molecule has 0 atom stereocenters. The number of aromatic nitrogens is 2. The van der Waals surface area contributed by atoms with Gasteiger partial charge in [-0.1, -0.05) is 39.0 Å². The van der Waals surface area contributed by atoms with Crippen LogP contribution in [-0.4, -0.2) is 15.3 Å². The topological polar surface area (TPSA) is 46.4 Å². The number of benzene rings is 1. The van der Waals surface area contributed by atoms with E-state index in [1.54, 1.807) is 28.8 Å². The summed E-state index contributed by atoms with van der Waals surface area (Å²) in [6, 6.07) is 10.2. The number of pyridine rings is 1. The van der Waals surface area contributed by atoms with E-state index in [9.17, 15) is 18.0 Å². The average Bonchev–Trinajstić information content (AvgIpc) is 2.90. The number of nitrogens with one attached hydrogen (secondary N) is 1. The van der Waals surface area contributed by atoms with Gasteiger partial charge in [-0.05, 0) is 29.7 Å². The van der Waals surface area contributed by atoms with E-state index in [1.807, 2.05) is 20.8 Å². The van der Waals surface area contributed by atoms with E-state index in [0.717, 1.165) is 12.1 Å². The van der Waals surface area contributed by atoms with Crippen LogP contribution in [0.1, 0.15) is 32.8 Å². The van der Waals surface area contributed by atoms with Crippen LogP contribution in [0.5, 0.6) is 0 Å². The fourth-order valence-corrected chi connectivity index (χ4v) is 2.83. The van der Waals surface area contributed by atoms with E-state index in [4.69, 9.17) is 0 Å². The fraction of sp³-hybridized carbons (Fsp3) is 0.300. The molecule has 2 heterocycles. The molecule has 3 aromatic rings. The SMILES string of the molecule is CC(C)(C)CC(=O)Nc1nc2ccccn2c1-c1ccc(C(F)(F)F)cc1. The molecule has 0 radical (unpaired) electrons. The van der Waals surface area contributed by atoms with E-state index in [2.05, 4.69) is 10.3 Å². The summed E-state index contributed by atoms with van der Waals surface area (Å²) in [5.41, 5.74) is 0.754. The molecule has 0 saturated heterocycles. The molecule has 1 amide bonds. The van der Waals surface area contributed by atoms with Gasteiger partial charge in [0.05, 0.1) is 11.3 Å². The Balaban J connectivity index is 2.04. The molecular weight excluding hydrogens is 355 g/mol.